The summed E-state index contributed by atoms with van der Waals surface area (Å²) >= 11 is 6.20. The molecule has 2 aromatic carbocycles. The predicted molar refractivity (Wildman–Crippen MR) is 142 cm³/mol. The Labute approximate surface area is 215 Å². The van der Waals surface area contributed by atoms with Gasteiger partial charge in [-0.3, -0.25) is 0 Å². The molecule has 1 saturated carbocycles. The first-order valence-corrected chi connectivity index (χ1v) is 12.6. The van der Waals surface area contributed by atoms with Crippen LogP contribution in [0.5, 0.6) is 0 Å². The fraction of sp³-hybridized carbons (Fsp3) is 0.345. The van der Waals surface area contributed by atoms with E-state index in [2.05, 4.69) is 10.6 Å². The van der Waals surface area contributed by atoms with E-state index >= 15 is 0 Å². The predicted octanol–water partition coefficient (Wildman–Crippen LogP) is 7.31. The van der Waals surface area contributed by atoms with Gasteiger partial charge in [-0.2, -0.15) is 0 Å². The minimum absolute atomic E-state index is 0.392. The van der Waals surface area contributed by atoms with Gasteiger partial charge in [-0.25, -0.2) is 14.8 Å². The summed E-state index contributed by atoms with van der Waals surface area (Å²) in [5.41, 5.74) is 5.76. The second-order valence-electron chi connectivity index (χ2n) is 10.4. The van der Waals surface area contributed by atoms with E-state index in [1.807, 2.05) is 77.1 Å². The lowest BCUT2D eigenvalue weighted by Gasteiger charge is -2.28. The normalized spacial score (nSPS) is 14.8. The monoisotopic (exact) mass is 503 g/mol. The van der Waals surface area contributed by atoms with E-state index in [0.717, 1.165) is 52.1 Å². The van der Waals surface area contributed by atoms with Gasteiger partial charge >= 0.3 is 5.97 Å². The number of carboxylic acid groups (broad SMARTS) is 1. The molecule has 1 unspecified atom stereocenters. The molecule has 0 aliphatic heterocycles. The Hall–Kier alpha value is -3.22. The maximum Gasteiger partial charge on any atom is 0.337 e. The quantitative estimate of drug-likeness (QED) is 0.298. The first kappa shape index (κ1) is 24.5. The summed E-state index contributed by atoms with van der Waals surface area (Å²) in [6, 6.07) is 16.0. The fourth-order valence-corrected chi connectivity index (χ4v) is 4.97. The number of para-hydroxylation sites is 2. The Morgan fingerprint density at radius 1 is 1.08 bits per heavy atom. The van der Waals surface area contributed by atoms with Crippen molar-refractivity contribution < 1.29 is 14.6 Å². The van der Waals surface area contributed by atoms with Crippen LogP contribution in [-0.2, 0) is 9.53 Å². The summed E-state index contributed by atoms with van der Waals surface area (Å²) in [5.74, 6) is -0.243. The van der Waals surface area contributed by atoms with E-state index in [0.29, 0.717) is 22.3 Å². The van der Waals surface area contributed by atoms with Crippen molar-refractivity contribution in [2.45, 2.75) is 65.2 Å². The Balaban J connectivity index is 1.81. The van der Waals surface area contributed by atoms with E-state index in [4.69, 9.17) is 26.3 Å². The lowest BCUT2D eigenvalue weighted by atomic mass is 9.89. The van der Waals surface area contributed by atoms with Crippen molar-refractivity contribution >= 4 is 28.6 Å². The summed E-state index contributed by atoms with van der Waals surface area (Å²) < 4.78 is 8.37. The summed E-state index contributed by atoms with van der Waals surface area (Å²) in [7, 11) is 0. The molecule has 0 saturated heterocycles. The van der Waals surface area contributed by atoms with Crippen LogP contribution < -0.4 is 0 Å². The van der Waals surface area contributed by atoms with Gasteiger partial charge in [-0.1, -0.05) is 35.9 Å². The second-order valence-corrected chi connectivity index (χ2v) is 10.9. The van der Waals surface area contributed by atoms with Crippen molar-refractivity contribution in [3.63, 3.8) is 0 Å². The minimum Gasteiger partial charge on any atom is -0.479 e. The standard InChI is InChI=1S/C29H30ClN3O3/c1-16-23(18-10-12-19(30)13-11-18)24(26(28(34)35)36-29(3,4)5)17(2)31-25(16)27-32-21-8-6-7-9-22(21)33(27)20-14-15-20/h6-13,20,26H,14-15H2,1-5H3,(H,34,35). The van der Waals surface area contributed by atoms with Crippen LogP contribution in [0.4, 0.5) is 0 Å². The summed E-state index contributed by atoms with van der Waals surface area (Å²) in [6.45, 7) is 9.40. The van der Waals surface area contributed by atoms with Gasteiger partial charge in [0.1, 0.15) is 5.69 Å². The van der Waals surface area contributed by atoms with Crippen LogP contribution in [0.25, 0.3) is 33.7 Å². The van der Waals surface area contributed by atoms with Crippen LogP contribution in [0.3, 0.4) is 0 Å². The van der Waals surface area contributed by atoms with Crippen LogP contribution in [0.15, 0.2) is 48.5 Å². The molecule has 0 spiro atoms. The molecule has 1 aliphatic carbocycles. The zero-order valence-corrected chi connectivity index (χ0v) is 21.9. The number of aryl methyl sites for hydroxylation is 1. The number of imidazole rings is 1. The molecule has 0 bridgehead atoms. The van der Waals surface area contributed by atoms with Gasteiger partial charge in [-0.15, -0.1) is 0 Å². The van der Waals surface area contributed by atoms with E-state index in [1.165, 1.54) is 0 Å². The minimum atomic E-state index is -1.18. The number of carboxylic acids is 1. The number of rotatable bonds is 6. The third kappa shape index (κ3) is 4.51. The summed E-state index contributed by atoms with van der Waals surface area (Å²) in [6.07, 6.45) is 1.03. The van der Waals surface area contributed by atoms with Crippen molar-refractivity contribution in [2.24, 2.45) is 0 Å². The van der Waals surface area contributed by atoms with E-state index in [1.54, 1.807) is 0 Å². The molecule has 1 atom stereocenters. The van der Waals surface area contributed by atoms with Crippen LogP contribution in [-0.4, -0.2) is 31.2 Å². The average molecular weight is 504 g/mol. The number of nitrogens with zero attached hydrogens (tertiary/aromatic N) is 3. The smallest absolute Gasteiger partial charge is 0.337 e. The van der Waals surface area contributed by atoms with Crippen molar-refractivity contribution in [1.82, 2.24) is 14.5 Å². The number of pyridine rings is 1. The molecule has 5 rings (SSSR count). The number of aromatic nitrogens is 3. The zero-order chi connectivity index (χ0) is 25.8. The molecule has 2 heterocycles. The van der Waals surface area contributed by atoms with E-state index in [-0.39, 0.29) is 0 Å². The molecule has 1 N–H and O–H groups in total. The van der Waals surface area contributed by atoms with E-state index in [9.17, 15) is 9.90 Å². The lowest BCUT2D eigenvalue weighted by molar-refractivity contribution is -0.160. The third-order valence-corrected chi connectivity index (χ3v) is 6.73. The number of benzene rings is 2. The number of carbonyl (C=O) groups is 1. The first-order valence-electron chi connectivity index (χ1n) is 12.2. The maximum atomic E-state index is 12.5. The summed E-state index contributed by atoms with van der Waals surface area (Å²) in [4.78, 5) is 22.5. The molecule has 2 aromatic heterocycles. The van der Waals surface area contributed by atoms with Gasteiger partial charge in [0.25, 0.3) is 0 Å². The van der Waals surface area contributed by atoms with Gasteiger partial charge in [0.05, 0.1) is 16.6 Å². The molecule has 1 fully saturated rings. The van der Waals surface area contributed by atoms with Gasteiger partial charge in [0, 0.05) is 22.3 Å². The maximum absolute atomic E-state index is 12.5. The van der Waals surface area contributed by atoms with Crippen molar-refractivity contribution in [3.05, 3.63) is 70.4 Å². The largest absolute Gasteiger partial charge is 0.479 e. The molecular formula is C29H30ClN3O3. The van der Waals surface area contributed by atoms with Gasteiger partial charge < -0.3 is 14.4 Å². The number of hydrogen-bond donors (Lipinski definition) is 1. The molecule has 7 heteroatoms. The average Bonchev–Trinajstić information content (AvgIpc) is 3.58. The number of aliphatic carboxylic acids is 1. The lowest BCUT2D eigenvalue weighted by Crippen LogP contribution is -2.28. The molecule has 1 aliphatic rings. The highest BCUT2D eigenvalue weighted by Gasteiger charge is 2.35. The molecule has 6 nitrogen and oxygen atoms in total. The fourth-order valence-electron chi connectivity index (χ4n) is 4.84. The highest BCUT2D eigenvalue weighted by atomic mass is 35.5. The Bertz CT molecular complexity index is 1460. The third-order valence-electron chi connectivity index (χ3n) is 6.48. The topological polar surface area (TPSA) is 77.2 Å². The number of hydrogen-bond acceptors (Lipinski definition) is 4. The van der Waals surface area contributed by atoms with Crippen LogP contribution >= 0.6 is 11.6 Å². The Morgan fingerprint density at radius 3 is 2.36 bits per heavy atom. The molecular weight excluding hydrogens is 474 g/mol. The number of halogens is 1. The van der Waals surface area contributed by atoms with Crippen LogP contribution in [0.1, 0.15) is 62.6 Å². The van der Waals surface area contributed by atoms with Gasteiger partial charge in [0.2, 0.25) is 0 Å². The first-order chi connectivity index (χ1) is 17.0. The zero-order valence-electron chi connectivity index (χ0n) is 21.2. The van der Waals surface area contributed by atoms with Crippen LogP contribution in [0, 0.1) is 13.8 Å². The van der Waals surface area contributed by atoms with Gasteiger partial charge in [-0.05, 0) is 88.4 Å². The second kappa shape index (κ2) is 9.02. The summed E-state index contributed by atoms with van der Waals surface area (Å²) in [5, 5.41) is 10.8. The number of fused-ring (bicyclic) bond motifs is 1. The molecule has 186 valence electrons. The van der Waals surface area contributed by atoms with Crippen molar-refractivity contribution in [2.75, 3.05) is 0 Å². The molecule has 0 radical (unpaired) electrons. The highest BCUT2D eigenvalue weighted by molar-refractivity contribution is 6.30. The van der Waals surface area contributed by atoms with Gasteiger partial charge in [0.15, 0.2) is 11.9 Å². The SMILES string of the molecule is Cc1nc(-c2nc3ccccc3n2C2CC2)c(C)c(-c2ccc(Cl)cc2)c1C(OC(C)(C)C)C(=O)O. The van der Waals surface area contributed by atoms with Crippen molar-refractivity contribution in [3.8, 4) is 22.6 Å². The van der Waals surface area contributed by atoms with Crippen LogP contribution in [0.2, 0.25) is 5.02 Å². The number of ether oxygens (including phenoxy) is 1. The molecule has 36 heavy (non-hydrogen) atoms. The molecule has 0 amide bonds. The Kier molecular flexibility index (Phi) is 6.13. The highest BCUT2D eigenvalue weighted by Crippen LogP contribution is 2.44. The molecule has 4 aromatic rings. The Morgan fingerprint density at radius 2 is 1.75 bits per heavy atom. The van der Waals surface area contributed by atoms with E-state index < -0.39 is 17.7 Å². The van der Waals surface area contributed by atoms with Crippen molar-refractivity contribution in [1.29, 1.82) is 0 Å².